The Hall–Kier alpha value is -4.78. The van der Waals surface area contributed by atoms with Gasteiger partial charge in [-0.2, -0.15) is 0 Å². The van der Waals surface area contributed by atoms with Crippen LogP contribution >= 0.6 is 0 Å². The van der Waals surface area contributed by atoms with Crippen molar-refractivity contribution >= 4 is 17.6 Å². The van der Waals surface area contributed by atoms with Crippen molar-refractivity contribution in [2.24, 2.45) is 0 Å². The van der Waals surface area contributed by atoms with Crippen molar-refractivity contribution in [2.45, 2.75) is 19.6 Å². The first-order chi connectivity index (χ1) is 18.0. The number of methoxy groups -OCH3 is 1. The Balaban J connectivity index is 1.31. The molecule has 0 fully saturated rings. The molecule has 0 saturated carbocycles. The molecule has 0 spiro atoms. The van der Waals surface area contributed by atoms with Gasteiger partial charge in [-0.15, -0.1) is 0 Å². The molecule has 0 aliphatic rings. The molecule has 7 nitrogen and oxygen atoms in total. The third kappa shape index (κ3) is 7.11. The van der Waals surface area contributed by atoms with Crippen LogP contribution in [0.25, 0.3) is 0 Å². The van der Waals surface area contributed by atoms with E-state index >= 15 is 0 Å². The number of nitrogens with one attached hydrogen (secondary N) is 1. The largest absolute Gasteiger partial charge is 0.493 e. The third-order valence-corrected chi connectivity index (χ3v) is 5.39. The highest BCUT2D eigenvalue weighted by Crippen LogP contribution is 2.29. The van der Waals surface area contributed by atoms with Gasteiger partial charge < -0.3 is 24.3 Å². The van der Waals surface area contributed by atoms with E-state index in [0.29, 0.717) is 35.3 Å². The molecule has 188 valence electrons. The summed E-state index contributed by atoms with van der Waals surface area (Å²) in [5, 5.41) is 2.74. The number of rotatable bonds is 10. The summed E-state index contributed by atoms with van der Waals surface area (Å²) < 4.78 is 22.3. The number of ether oxygens (including phenoxy) is 4. The van der Waals surface area contributed by atoms with Crippen LogP contribution in [0, 0.1) is 0 Å². The number of amides is 1. The molecular weight excluding hydrogens is 470 g/mol. The summed E-state index contributed by atoms with van der Waals surface area (Å²) >= 11 is 0. The van der Waals surface area contributed by atoms with Crippen LogP contribution in [0.2, 0.25) is 0 Å². The molecule has 0 unspecified atom stereocenters. The lowest BCUT2D eigenvalue weighted by Crippen LogP contribution is -2.30. The number of carbonyl (C=O) groups is 2. The zero-order chi connectivity index (χ0) is 26.0. The van der Waals surface area contributed by atoms with Crippen molar-refractivity contribution in [3.8, 4) is 23.0 Å². The second kappa shape index (κ2) is 12.3. The number of carbonyl (C=O) groups excluding carboxylic acids is 2. The van der Waals surface area contributed by atoms with Gasteiger partial charge in [-0.25, -0.2) is 4.79 Å². The van der Waals surface area contributed by atoms with Crippen LogP contribution in [-0.2, 0) is 16.1 Å². The number of anilines is 1. The molecule has 4 aromatic carbocycles. The summed E-state index contributed by atoms with van der Waals surface area (Å²) in [6.45, 7) is 1.87. The molecule has 4 rings (SSSR count). The van der Waals surface area contributed by atoms with Crippen LogP contribution in [0.15, 0.2) is 103 Å². The summed E-state index contributed by atoms with van der Waals surface area (Å²) in [5.41, 5.74) is 1.80. The maximum Gasteiger partial charge on any atom is 0.339 e. The van der Waals surface area contributed by atoms with Crippen molar-refractivity contribution < 1.29 is 28.5 Å². The van der Waals surface area contributed by atoms with Crippen molar-refractivity contribution in [3.63, 3.8) is 0 Å². The van der Waals surface area contributed by atoms with E-state index in [0.717, 1.165) is 5.56 Å². The molecule has 0 aliphatic carbocycles. The standard InChI is InChI=1S/C30H27NO6/c1-21(29(32)31-24-14-16-26(17-15-24)37-25-11-7-4-8-12-25)36-30(33)23-13-18-27(28(19-23)34-2)35-20-22-9-5-3-6-10-22/h3-19,21H,20H2,1-2H3,(H,31,32)/t21-/m1/s1. The molecule has 1 amide bonds. The van der Waals surface area contributed by atoms with Crippen LogP contribution in [0.5, 0.6) is 23.0 Å². The number of hydrogen-bond acceptors (Lipinski definition) is 6. The van der Waals surface area contributed by atoms with Crippen molar-refractivity contribution in [2.75, 3.05) is 12.4 Å². The second-order valence-electron chi connectivity index (χ2n) is 8.12. The van der Waals surface area contributed by atoms with Crippen LogP contribution in [0.1, 0.15) is 22.8 Å². The van der Waals surface area contributed by atoms with Crippen LogP contribution < -0.4 is 19.5 Å². The topological polar surface area (TPSA) is 83.1 Å². The van der Waals surface area contributed by atoms with Crippen molar-refractivity contribution in [1.82, 2.24) is 0 Å². The quantitative estimate of drug-likeness (QED) is 0.261. The van der Waals surface area contributed by atoms with Gasteiger partial charge in [-0.05, 0) is 67.1 Å². The minimum Gasteiger partial charge on any atom is -0.493 e. The maximum atomic E-state index is 12.7. The molecule has 0 heterocycles. The zero-order valence-corrected chi connectivity index (χ0v) is 20.5. The van der Waals surface area contributed by atoms with Crippen LogP contribution in [0.3, 0.4) is 0 Å². The van der Waals surface area contributed by atoms with Gasteiger partial charge in [0.1, 0.15) is 18.1 Å². The normalized spacial score (nSPS) is 11.2. The Morgan fingerprint density at radius 1 is 0.784 bits per heavy atom. The van der Waals surface area contributed by atoms with Gasteiger partial charge in [0.25, 0.3) is 5.91 Å². The Bertz CT molecular complexity index is 1320. The zero-order valence-electron chi connectivity index (χ0n) is 20.5. The maximum absolute atomic E-state index is 12.7. The molecule has 0 bridgehead atoms. The molecule has 7 heteroatoms. The molecule has 37 heavy (non-hydrogen) atoms. The van der Waals surface area contributed by atoms with Crippen molar-refractivity contribution in [1.29, 1.82) is 0 Å². The molecule has 0 aliphatic heterocycles. The Morgan fingerprint density at radius 3 is 2.11 bits per heavy atom. The predicted octanol–water partition coefficient (Wildman–Crippen LogP) is 6.25. The number of benzene rings is 4. The minimum absolute atomic E-state index is 0.242. The van der Waals surface area contributed by atoms with Gasteiger partial charge in [0.05, 0.1) is 12.7 Å². The molecule has 0 aromatic heterocycles. The lowest BCUT2D eigenvalue weighted by Gasteiger charge is -2.15. The molecule has 1 N–H and O–H groups in total. The van der Waals surface area contributed by atoms with Gasteiger partial charge in [-0.3, -0.25) is 4.79 Å². The van der Waals surface area contributed by atoms with Gasteiger partial charge in [-0.1, -0.05) is 48.5 Å². The lowest BCUT2D eigenvalue weighted by atomic mass is 10.2. The first kappa shape index (κ1) is 25.3. The molecule has 1 atom stereocenters. The summed E-state index contributed by atoms with van der Waals surface area (Å²) in [7, 11) is 1.49. The minimum atomic E-state index is -1.02. The van der Waals surface area contributed by atoms with Crippen LogP contribution in [0.4, 0.5) is 5.69 Å². The number of para-hydroxylation sites is 1. The highest BCUT2D eigenvalue weighted by molar-refractivity contribution is 5.97. The highest BCUT2D eigenvalue weighted by Gasteiger charge is 2.20. The fourth-order valence-electron chi connectivity index (χ4n) is 3.41. The first-order valence-electron chi connectivity index (χ1n) is 11.7. The van der Waals surface area contributed by atoms with Gasteiger partial charge in [0.2, 0.25) is 0 Å². The summed E-state index contributed by atoms with van der Waals surface area (Å²) in [5.74, 6) is 1.12. The van der Waals surface area contributed by atoms with E-state index in [1.165, 1.54) is 20.1 Å². The Morgan fingerprint density at radius 2 is 1.43 bits per heavy atom. The van der Waals surface area contributed by atoms with E-state index in [1.54, 1.807) is 36.4 Å². The van der Waals surface area contributed by atoms with Crippen LogP contribution in [-0.4, -0.2) is 25.1 Å². The van der Waals surface area contributed by atoms with Crippen molar-refractivity contribution in [3.05, 3.63) is 114 Å². The smallest absolute Gasteiger partial charge is 0.339 e. The predicted molar refractivity (Wildman–Crippen MR) is 140 cm³/mol. The Labute approximate surface area is 215 Å². The summed E-state index contributed by atoms with van der Waals surface area (Å²) in [6.07, 6.45) is -1.02. The first-order valence-corrected chi connectivity index (χ1v) is 11.7. The van der Waals surface area contributed by atoms with E-state index in [1.807, 2.05) is 60.7 Å². The Kier molecular flexibility index (Phi) is 8.39. The number of esters is 1. The average Bonchev–Trinajstić information content (AvgIpc) is 2.94. The highest BCUT2D eigenvalue weighted by atomic mass is 16.5. The van der Waals surface area contributed by atoms with E-state index in [2.05, 4.69) is 5.32 Å². The summed E-state index contributed by atoms with van der Waals surface area (Å²) in [6, 6.07) is 30.7. The van der Waals surface area contributed by atoms with Gasteiger partial charge >= 0.3 is 5.97 Å². The number of hydrogen-bond donors (Lipinski definition) is 1. The van der Waals surface area contributed by atoms with E-state index < -0.39 is 18.0 Å². The monoisotopic (exact) mass is 497 g/mol. The molecule has 4 aromatic rings. The third-order valence-electron chi connectivity index (χ3n) is 5.39. The summed E-state index contributed by atoms with van der Waals surface area (Å²) in [4.78, 5) is 25.3. The average molecular weight is 498 g/mol. The molecular formula is C30H27NO6. The van der Waals surface area contributed by atoms with Gasteiger partial charge in [0, 0.05) is 5.69 Å². The lowest BCUT2D eigenvalue weighted by molar-refractivity contribution is -0.123. The van der Waals surface area contributed by atoms with Gasteiger partial charge in [0.15, 0.2) is 17.6 Å². The van der Waals surface area contributed by atoms with E-state index in [9.17, 15) is 9.59 Å². The second-order valence-corrected chi connectivity index (χ2v) is 8.12. The fraction of sp³-hybridized carbons (Fsp3) is 0.133. The SMILES string of the molecule is COc1cc(C(=O)O[C@H](C)C(=O)Nc2ccc(Oc3ccccc3)cc2)ccc1OCc1ccccc1. The van der Waals surface area contributed by atoms with E-state index in [4.69, 9.17) is 18.9 Å². The molecule has 0 radical (unpaired) electrons. The van der Waals surface area contributed by atoms with E-state index in [-0.39, 0.29) is 5.56 Å². The molecule has 0 saturated heterocycles. The fourth-order valence-corrected chi connectivity index (χ4v) is 3.41.